The number of pyridine rings is 1. The van der Waals surface area contributed by atoms with Gasteiger partial charge in [0.1, 0.15) is 5.69 Å². The molecule has 96 valence electrons. The van der Waals surface area contributed by atoms with Crippen molar-refractivity contribution in [1.29, 1.82) is 5.26 Å². The van der Waals surface area contributed by atoms with E-state index < -0.39 is 22.7 Å². The summed E-state index contributed by atoms with van der Waals surface area (Å²) in [6, 6.07) is 2.42. The third kappa shape index (κ3) is 3.31. The fraction of sp³-hybridized carbons (Fsp3) is 0.333. The van der Waals surface area contributed by atoms with Crippen LogP contribution in [0.3, 0.4) is 0 Å². The third-order valence-corrected chi connectivity index (χ3v) is 1.85. The van der Waals surface area contributed by atoms with Gasteiger partial charge in [-0.15, -0.1) is 13.2 Å². The van der Waals surface area contributed by atoms with Crippen molar-refractivity contribution in [3.05, 3.63) is 27.6 Å². The van der Waals surface area contributed by atoms with Crippen molar-refractivity contribution in [2.24, 2.45) is 0 Å². The lowest BCUT2D eigenvalue weighted by Crippen LogP contribution is -2.18. The molecule has 1 rings (SSSR count). The van der Waals surface area contributed by atoms with E-state index in [2.05, 4.69) is 9.72 Å². The lowest BCUT2D eigenvalue weighted by Gasteiger charge is -2.10. The minimum Gasteiger partial charge on any atom is -0.398 e. The number of aryl methyl sites for hydroxylation is 1. The molecule has 0 aromatic carbocycles. The number of nitriles is 1. The largest absolute Gasteiger partial charge is 0.573 e. The molecule has 0 fully saturated rings. The van der Waals surface area contributed by atoms with Crippen molar-refractivity contribution in [3.63, 3.8) is 0 Å². The Morgan fingerprint density at radius 2 is 2.22 bits per heavy atom. The predicted octanol–water partition coefficient (Wildman–Crippen LogP) is 2.26. The summed E-state index contributed by atoms with van der Waals surface area (Å²) in [6.45, 7) is 1.17. The van der Waals surface area contributed by atoms with Crippen LogP contribution in [0.15, 0.2) is 6.07 Å². The van der Waals surface area contributed by atoms with E-state index in [9.17, 15) is 23.3 Å². The molecular weight excluding hydrogens is 255 g/mol. The second-order valence-electron chi connectivity index (χ2n) is 3.19. The molecule has 0 atom stereocenters. The van der Waals surface area contributed by atoms with Crippen molar-refractivity contribution in [3.8, 4) is 11.8 Å². The van der Waals surface area contributed by atoms with Crippen molar-refractivity contribution in [2.75, 3.05) is 0 Å². The summed E-state index contributed by atoms with van der Waals surface area (Å²) in [5, 5.41) is 19.1. The Morgan fingerprint density at radius 1 is 1.61 bits per heavy atom. The zero-order chi connectivity index (χ0) is 13.9. The molecule has 0 N–H and O–H groups in total. The van der Waals surface area contributed by atoms with Gasteiger partial charge in [0.2, 0.25) is 5.75 Å². The molecule has 0 aliphatic heterocycles. The van der Waals surface area contributed by atoms with E-state index in [1.54, 1.807) is 6.07 Å². The van der Waals surface area contributed by atoms with Gasteiger partial charge in [0, 0.05) is 6.07 Å². The molecule has 0 bridgehead atoms. The maximum Gasteiger partial charge on any atom is 0.573 e. The highest BCUT2D eigenvalue weighted by molar-refractivity contribution is 5.50. The molecule has 9 heteroatoms. The number of hydrogen-bond acceptors (Lipinski definition) is 5. The highest BCUT2D eigenvalue weighted by Gasteiger charge is 2.35. The van der Waals surface area contributed by atoms with Crippen LogP contribution in [0.25, 0.3) is 0 Å². The summed E-state index contributed by atoms with van der Waals surface area (Å²) in [4.78, 5) is 13.3. The Hall–Kier alpha value is -2.37. The van der Waals surface area contributed by atoms with Gasteiger partial charge in [0.15, 0.2) is 0 Å². The number of aromatic nitrogens is 1. The first-order valence-electron chi connectivity index (χ1n) is 4.52. The van der Waals surface area contributed by atoms with Gasteiger partial charge in [0.25, 0.3) is 0 Å². The molecule has 0 aliphatic carbocycles. The van der Waals surface area contributed by atoms with Crippen LogP contribution in [0.5, 0.6) is 5.75 Å². The molecule has 0 spiro atoms. The number of halogens is 3. The first-order chi connectivity index (χ1) is 8.24. The van der Waals surface area contributed by atoms with Crippen LogP contribution >= 0.6 is 0 Å². The maximum atomic E-state index is 12.1. The summed E-state index contributed by atoms with van der Waals surface area (Å²) >= 11 is 0. The Morgan fingerprint density at radius 3 is 2.67 bits per heavy atom. The summed E-state index contributed by atoms with van der Waals surface area (Å²) in [6.07, 6.45) is -5.32. The fourth-order valence-corrected chi connectivity index (χ4v) is 1.29. The van der Waals surface area contributed by atoms with E-state index in [1.807, 2.05) is 0 Å². The van der Waals surface area contributed by atoms with E-state index in [-0.39, 0.29) is 17.8 Å². The molecule has 1 aromatic rings. The third-order valence-electron chi connectivity index (χ3n) is 1.85. The smallest absolute Gasteiger partial charge is 0.398 e. The quantitative estimate of drug-likeness (QED) is 0.615. The zero-order valence-corrected chi connectivity index (χ0v) is 8.98. The molecule has 1 aromatic heterocycles. The fourth-order valence-electron chi connectivity index (χ4n) is 1.29. The molecule has 6 nitrogen and oxygen atoms in total. The highest BCUT2D eigenvalue weighted by atomic mass is 19.4. The van der Waals surface area contributed by atoms with E-state index in [0.29, 0.717) is 0 Å². The van der Waals surface area contributed by atoms with Gasteiger partial charge < -0.3 is 4.74 Å². The van der Waals surface area contributed by atoms with E-state index in [1.165, 1.54) is 6.92 Å². The van der Waals surface area contributed by atoms with Gasteiger partial charge >= 0.3 is 12.0 Å². The minimum atomic E-state index is -5.05. The topological polar surface area (TPSA) is 89.0 Å². The van der Waals surface area contributed by atoms with Crippen molar-refractivity contribution in [2.45, 2.75) is 19.7 Å². The Balaban J connectivity index is 3.34. The van der Waals surface area contributed by atoms with Gasteiger partial charge in [-0.2, -0.15) is 5.26 Å². The van der Waals surface area contributed by atoms with Crippen LogP contribution < -0.4 is 4.74 Å². The van der Waals surface area contributed by atoms with Gasteiger partial charge in [-0.25, -0.2) is 4.98 Å². The van der Waals surface area contributed by atoms with Crippen LogP contribution in [0, 0.1) is 28.4 Å². The van der Waals surface area contributed by atoms with Crippen molar-refractivity contribution >= 4 is 5.69 Å². The predicted molar refractivity (Wildman–Crippen MR) is 51.6 cm³/mol. The van der Waals surface area contributed by atoms with Gasteiger partial charge in [-0.05, 0) is 6.92 Å². The average Bonchev–Trinajstić information content (AvgIpc) is 2.13. The summed E-state index contributed by atoms with van der Waals surface area (Å²) in [5.74, 6) is -0.967. The molecule has 18 heavy (non-hydrogen) atoms. The first kappa shape index (κ1) is 13.7. The monoisotopic (exact) mass is 261 g/mol. The lowest BCUT2D eigenvalue weighted by molar-refractivity contribution is -0.389. The molecule has 0 amide bonds. The molecular formula is C9H6F3N3O3. The zero-order valence-electron chi connectivity index (χ0n) is 8.98. The Labute approximate surface area is 98.8 Å². The second kappa shape index (κ2) is 4.87. The molecule has 0 unspecified atom stereocenters. The number of nitro groups is 1. The van der Waals surface area contributed by atoms with E-state index >= 15 is 0 Å². The lowest BCUT2D eigenvalue weighted by atomic mass is 10.2. The average molecular weight is 261 g/mol. The Kier molecular flexibility index (Phi) is 3.70. The maximum absolute atomic E-state index is 12.1. The molecule has 0 radical (unpaired) electrons. The number of rotatable bonds is 3. The van der Waals surface area contributed by atoms with Crippen LogP contribution in [0.4, 0.5) is 18.9 Å². The number of ether oxygens (including phenoxy) is 1. The number of alkyl halides is 3. The molecule has 0 aliphatic rings. The normalized spacial score (nSPS) is 10.8. The molecule has 0 saturated carbocycles. The van der Waals surface area contributed by atoms with Crippen molar-refractivity contribution < 1.29 is 22.8 Å². The number of nitrogens with zero attached hydrogens (tertiary/aromatic N) is 3. The van der Waals surface area contributed by atoms with Crippen LogP contribution in [0.1, 0.15) is 11.4 Å². The van der Waals surface area contributed by atoms with Crippen LogP contribution in [-0.4, -0.2) is 16.3 Å². The standard InChI is InChI=1S/C9H6F3N3O3/c1-5-8(15(16)17)7(18-9(10,11)12)4-6(14-5)2-3-13/h4H,2H2,1H3. The molecule has 0 saturated heterocycles. The van der Waals surface area contributed by atoms with Crippen molar-refractivity contribution in [1.82, 2.24) is 4.98 Å². The summed E-state index contributed by atoms with van der Waals surface area (Å²) in [5.41, 5.74) is -1.14. The second-order valence-corrected chi connectivity index (χ2v) is 3.19. The summed E-state index contributed by atoms with van der Waals surface area (Å²) < 4.78 is 39.9. The first-order valence-corrected chi connectivity index (χ1v) is 4.52. The number of hydrogen-bond donors (Lipinski definition) is 0. The van der Waals surface area contributed by atoms with E-state index in [4.69, 9.17) is 5.26 Å². The van der Waals surface area contributed by atoms with Crippen LogP contribution in [-0.2, 0) is 6.42 Å². The van der Waals surface area contributed by atoms with Gasteiger partial charge in [0.05, 0.1) is 23.1 Å². The van der Waals surface area contributed by atoms with Gasteiger partial charge in [-0.3, -0.25) is 10.1 Å². The van der Waals surface area contributed by atoms with Crippen LogP contribution in [0.2, 0.25) is 0 Å². The van der Waals surface area contributed by atoms with E-state index in [0.717, 1.165) is 6.07 Å². The molecule has 1 heterocycles. The SMILES string of the molecule is Cc1nc(CC#N)cc(OC(F)(F)F)c1[N+](=O)[O-]. The Bertz CT molecular complexity index is 522. The summed E-state index contributed by atoms with van der Waals surface area (Å²) in [7, 11) is 0. The highest BCUT2D eigenvalue weighted by Crippen LogP contribution is 2.34. The van der Waals surface area contributed by atoms with Gasteiger partial charge in [-0.1, -0.05) is 0 Å². The minimum absolute atomic E-state index is 0.0279.